The second-order valence-electron chi connectivity index (χ2n) is 4.80. The van der Waals surface area contributed by atoms with Crippen molar-refractivity contribution in [1.82, 2.24) is 9.36 Å². The lowest BCUT2D eigenvalue weighted by atomic mass is 10.2. The van der Waals surface area contributed by atoms with Crippen molar-refractivity contribution in [2.24, 2.45) is 0 Å². The quantitative estimate of drug-likeness (QED) is 0.918. The minimum absolute atomic E-state index is 0.458. The predicted octanol–water partition coefficient (Wildman–Crippen LogP) is 2.77. The molecule has 1 aliphatic rings. The number of hydrogen-bond acceptors (Lipinski definition) is 6. The SMILES string of the molecule is CC1(CCNc2nc(-c3ccccc3)ns2)OCCO1. The summed E-state index contributed by atoms with van der Waals surface area (Å²) in [5.41, 5.74) is 1.03. The van der Waals surface area contributed by atoms with E-state index in [2.05, 4.69) is 14.7 Å². The highest BCUT2D eigenvalue weighted by atomic mass is 32.1. The van der Waals surface area contributed by atoms with E-state index in [0.29, 0.717) is 13.2 Å². The van der Waals surface area contributed by atoms with Gasteiger partial charge >= 0.3 is 0 Å². The summed E-state index contributed by atoms with van der Waals surface area (Å²) in [6.07, 6.45) is 0.785. The van der Waals surface area contributed by atoms with E-state index in [4.69, 9.17) is 9.47 Å². The van der Waals surface area contributed by atoms with Crippen LogP contribution in [-0.4, -0.2) is 34.9 Å². The first-order valence-corrected chi connectivity index (χ1v) is 7.43. The molecule has 1 aliphatic heterocycles. The molecule has 0 saturated carbocycles. The fraction of sp³-hybridized carbons (Fsp3) is 0.429. The van der Waals surface area contributed by atoms with Crippen LogP contribution in [0.1, 0.15) is 13.3 Å². The molecule has 0 bridgehead atoms. The van der Waals surface area contributed by atoms with Crippen LogP contribution in [0.3, 0.4) is 0 Å². The van der Waals surface area contributed by atoms with Gasteiger partial charge in [-0.05, 0) is 6.92 Å². The molecule has 2 heterocycles. The Balaban J connectivity index is 1.55. The fourth-order valence-electron chi connectivity index (χ4n) is 2.10. The summed E-state index contributed by atoms with van der Waals surface area (Å²) in [6.45, 7) is 4.07. The zero-order chi connectivity index (χ0) is 13.8. The van der Waals surface area contributed by atoms with Crippen molar-refractivity contribution in [1.29, 1.82) is 0 Å². The van der Waals surface area contributed by atoms with E-state index in [1.54, 1.807) is 0 Å². The highest BCUT2D eigenvalue weighted by molar-refractivity contribution is 7.09. The maximum atomic E-state index is 5.56. The van der Waals surface area contributed by atoms with Gasteiger partial charge in [0.15, 0.2) is 11.6 Å². The number of rotatable bonds is 5. The molecular weight excluding hydrogens is 274 g/mol. The van der Waals surface area contributed by atoms with Crippen molar-refractivity contribution in [2.75, 3.05) is 25.1 Å². The lowest BCUT2D eigenvalue weighted by Gasteiger charge is -2.21. The van der Waals surface area contributed by atoms with Gasteiger partial charge in [0.1, 0.15) is 0 Å². The van der Waals surface area contributed by atoms with Gasteiger partial charge in [-0.25, -0.2) is 0 Å². The molecule has 106 valence electrons. The van der Waals surface area contributed by atoms with E-state index < -0.39 is 5.79 Å². The number of aromatic nitrogens is 2. The third-order valence-electron chi connectivity index (χ3n) is 3.21. The highest BCUT2D eigenvalue weighted by Gasteiger charge is 2.30. The van der Waals surface area contributed by atoms with E-state index >= 15 is 0 Å². The molecule has 1 saturated heterocycles. The molecule has 6 heteroatoms. The molecule has 0 spiro atoms. The topological polar surface area (TPSA) is 56.3 Å². The molecule has 0 atom stereocenters. The fourth-order valence-corrected chi connectivity index (χ4v) is 2.71. The molecule has 0 amide bonds. The molecule has 2 aromatic rings. The largest absolute Gasteiger partial charge is 0.360 e. The highest BCUT2D eigenvalue weighted by Crippen LogP contribution is 2.24. The minimum Gasteiger partial charge on any atom is -0.360 e. The Kier molecular flexibility index (Phi) is 3.95. The number of benzene rings is 1. The maximum absolute atomic E-state index is 5.56. The zero-order valence-corrected chi connectivity index (χ0v) is 12.2. The number of hydrogen-bond donors (Lipinski definition) is 1. The second-order valence-corrected chi connectivity index (χ2v) is 5.55. The Morgan fingerprint density at radius 2 is 2.00 bits per heavy atom. The van der Waals surface area contributed by atoms with Crippen molar-refractivity contribution >= 4 is 16.7 Å². The summed E-state index contributed by atoms with van der Waals surface area (Å²) in [5, 5.41) is 4.10. The maximum Gasteiger partial charge on any atom is 0.202 e. The van der Waals surface area contributed by atoms with Crippen LogP contribution in [0.5, 0.6) is 0 Å². The molecule has 0 unspecified atom stereocenters. The third kappa shape index (κ3) is 3.15. The summed E-state index contributed by atoms with van der Waals surface area (Å²) >= 11 is 1.37. The Morgan fingerprint density at radius 3 is 2.75 bits per heavy atom. The average molecular weight is 291 g/mol. The van der Waals surface area contributed by atoms with Crippen LogP contribution in [0.4, 0.5) is 5.13 Å². The number of anilines is 1. The van der Waals surface area contributed by atoms with Crippen molar-refractivity contribution in [2.45, 2.75) is 19.1 Å². The van der Waals surface area contributed by atoms with E-state index in [1.165, 1.54) is 11.5 Å². The van der Waals surface area contributed by atoms with Gasteiger partial charge in [0.25, 0.3) is 0 Å². The van der Waals surface area contributed by atoms with Crippen molar-refractivity contribution in [3.63, 3.8) is 0 Å². The molecule has 3 rings (SSSR count). The number of nitrogens with zero attached hydrogens (tertiary/aromatic N) is 2. The van der Waals surface area contributed by atoms with Gasteiger partial charge in [-0.15, -0.1) is 0 Å². The van der Waals surface area contributed by atoms with Crippen molar-refractivity contribution < 1.29 is 9.47 Å². The Hall–Kier alpha value is -1.50. The zero-order valence-electron chi connectivity index (χ0n) is 11.3. The second kappa shape index (κ2) is 5.87. The number of nitrogens with one attached hydrogen (secondary N) is 1. The van der Waals surface area contributed by atoms with Crippen LogP contribution in [0, 0.1) is 0 Å². The number of ether oxygens (including phenoxy) is 2. The summed E-state index contributed by atoms with van der Waals surface area (Å²) in [7, 11) is 0. The van der Waals surface area contributed by atoms with E-state index in [0.717, 1.165) is 29.5 Å². The van der Waals surface area contributed by atoms with Gasteiger partial charge in [-0.3, -0.25) is 0 Å². The van der Waals surface area contributed by atoms with Gasteiger partial charge in [0.2, 0.25) is 5.13 Å². The van der Waals surface area contributed by atoms with Crippen LogP contribution >= 0.6 is 11.5 Å². The van der Waals surface area contributed by atoms with Gasteiger partial charge in [0, 0.05) is 30.1 Å². The van der Waals surface area contributed by atoms with Gasteiger partial charge in [-0.2, -0.15) is 9.36 Å². The monoisotopic (exact) mass is 291 g/mol. The van der Waals surface area contributed by atoms with Gasteiger partial charge in [0.05, 0.1) is 13.2 Å². The van der Waals surface area contributed by atoms with Crippen molar-refractivity contribution in [3.8, 4) is 11.4 Å². The van der Waals surface area contributed by atoms with Gasteiger partial charge in [-0.1, -0.05) is 30.3 Å². The molecule has 0 aliphatic carbocycles. The summed E-state index contributed by atoms with van der Waals surface area (Å²) < 4.78 is 15.5. The van der Waals surface area contributed by atoms with E-state index in [-0.39, 0.29) is 0 Å². The Morgan fingerprint density at radius 1 is 1.25 bits per heavy atom. The Bertz CT molecular complexity index is 553. The van der Waals surface area contributed by atoms with Crippen LogP contribution in [0.25, 0.3) is 11.4 Å². The minimum atomic E-state index is -0.458. The van der Waals surface area contributed by atoms with Crippen LogP contribution in [-0.2, 0) is 9.47 Å². The summed E-state index contributed by atoms with van der Waals surface area (Å²) in [6, 6.07) is 9.97. The lowest BCUT2D eigenvalue weighted by molar-refractivity contribution is -0.144. The predicted molar refractivity (Wildman–Crippen MR) is 78.8 cm³/mol. The van der Waals surface area contributed by atoms with E-state index in [9.17, 15) is 0 Å². The van der Waals surface area contributed by atoms with Crippen molar-refractivity contribution in [3.05, 3.63) is 30.3 Å². The lowest BCUT2D eigenvalue weighted by Crippen LogP contribution is -2.28. The molecule has 20 heavy (non-hydrogen) atoms. The Labute approximate surface area is 122 Å². The smallest absolute Gasteiger partial charge is 0.202 e. The molecule has 5 nitrogen and oxygen atoms in total. The summed E-state index contributed by atoms with van der Waals surface area (Å²) in [5.74, 6) is 0.303. The van der Waals surface area contributed by atoms with Gasteiger partial charge < -0.3 is 14.8 Å². The molecule has 1 fully saturated rings. The molecule has 0 radical (unpaired) electrons. The molecule has 1 N–H and O–H groups in total. The normalized spacial score (nSPS) is 17.2. The first-order chi connectivity index (χ1) is 9.75. The van der Waals surface area contributed by atoms with E-state index in [1.807, 2.05) is 37.3 Å². The molecular formula is C14H17N3O2S. The van der Waals surface area contributed by atoms with Crippen LogP contribution in [0.2, 0.25) is 0 Å². The molecule has 1 aromatic heterocycles. The summed E-state index contributed by atoms with van der Waals surface area (Å²) in [4.78, 5) is 4.48. The first-order valence-electron chi connectivity index (χ1n) is 6.66. The third-order valence-corrected chi connectivity index (χ3v) is 3.88. The standard InChI is InChI=1S/C14H17N3O2S/c1-14(18-9-10-19-14)7-8-15-13-16-12(17-20-13)11-5-3-2-4-6-11/h2-6H,7-10H2,1H3,(H,15,16,17). The van der Waals surface area contributed by atoms with Crippen LogP contribution < -0.4 is 5.32 Å². The molecule has 1 aromatic carbocycles. The average Bonchev–Trinajstić information content (AvgIpc) is 3.10. The van der Waals surface area contributed by atoms with Crippen LogP contribution in [0.15, 0.2) is 30.3 Å². The first kappa shape index (κ1) is 13.5.